The molecule has 0 aliphatic heterocycles. The highest BCUT2D eigenvalue weighted by Crippen LogP contribution is 2.34. The summed E-state index contributed by atoms with van der Waals surface area (Å²) < 4.78 is 40.1. The third kappa shape index (κ3) is 3.32. The van der Waals surface area contributed by atoms with Gasteiger partial charge in [-0.05, 0) is 48.7 Å². The first-order valence-electron chi connectivity index (χ1n) is 6.99. The van der Waals surface area contributed by atoms with Gasteiger partial charge in [0.1, 0.15) is 5.82 Å². The fraction of sp³-hybridized carbons (Fsp3) is 0.250. The number of hydrogen-bond acceptors (Lipinski definition) is 2. The SMILES string of the molecule is O=S(=O)(c1cccc(Cl)c1)N(Cc1ccc(F)cc1)C1CC1. The van der Waals surface area contributed by atoms with Gasteiger partial charge < -0.3 is 0 Å². The predicted molar refractivity (Wildman–Crippen MR) is 83.6 cm³/mol. The van der Waals surface area contributed by atoms with Gasteiger partial charge in [-0.1, -0.05) is 29.8 Å². The largest absolute Gasteiger partial charge is 0.243 e. The third-order valence-electron chi connectivity index (χ3n) is 3.61. The molecule has 1 fully saturated rings. The van der Waals surface area contributed by atoms with Gasteiger partial charge in [-0.15, -0.1) is 0 Å². The zero-order valence-corrected chi connectivity index (χ0v) is 13.3. The molecule has 0 atom stereocenters. The molecule has 3 nitrogen and oxygen atoms in total. The fourth-order valence-electron chi connectivity index (χ4n) is 2.31. The summed E-state index contributed by atoms with van der Waals surface area (Å²) >= 11 is 5.90. The minimum absolute atomic E-state index is 0.00837. The molecule has 1 saturated carbocycles. The lowest BCUT2D eigenvalue weighted by atomic mass is 10.2. The minimum atomic E-state index is -3.61. The Kier molecular flexibility index (Phi) is 4.21. The molecule has 0 saturated heterocycles. The van der Waals surface area contributed by atoms with E-state index in [1.54, 1.807) is 30.3 Å². The van der Waals surface area contributed by atoms with Gasteiger partial charge in [0.25, 0.3) is 0 Å². The van der Waals surface area contributed by atoms with Gasteiger partial charge in [0.15, 0.2) is 0 Å². The molecule has 1 aliphatic rings. The molecule has 2 aromatic carbocycles. The van der Waals surface area contributed by atoms with Gasteiger partial charge >= 0.3 is 0 Å². The van der Waals surface area contributed by atoms with Crippen molar-refractivity contribution in [3.63, 3.8) is 0 Å². The number of halogens is 2. The van der Waals surface area contributed by atoms with Crippen LogP contribution in [0.3, 0.4) is 0 Å². The number of benzene rings is 2. The zero-order valence-electron chi connectivity index (χ0n) is 11.7. The van der Waals surface area contributed by atoms with E-state index in [0.717, 1.165) is 18.4 Å². The topological polar surface area (TPSA) is 37.4 Å². The van der Waals surface area contributed by atoms with Gasteiger partial charge in [0.05, 0.1) is 4.90 Å². The summed E-state index contributed by atoms with van der Waals surface area (Å²) in [5.41, 5.74) is 0.763. The predicted octanol–water partition coefficient (Wildman–Crippen LogP) is 3.83. The molecule has 0 spiro atoms. The second-order valence-corrected chi connectivity index (χ2v) is 7.69. The van der Waals surface area contributed by atoms with E-state index < -0.39 is 10.0 Å². The maximum absolute atomic E-state index is 13.0. The van der Waals surface area contributed by atoms with Crippen molar-refractivity contribution in [1.29, 1.82) is 0 Å². The fourth-order valence-corrected chi connectivity index (χ4v) is 4.28. The lowest BCUT2D eigenvalue weighted by Crippen LogP contribution is -2.32. The van der Waals surface area contributed by atoms with E-state index >= 15 is 0 Å². The van der Waals surface area contributed by atoms with E-state index in [2.05, 4.69) is 0 Å². The van der Waals surface area contributed by atoms with Crippen molar-refractivity contribution in [2.24, 2.45) is 0 Å². The third-order valence-corrected chi connectivity index (χ3v) is 5.74. The van der Waals surface area contributed by atoms with Crippen LogP contribution in [0.4, 0.5) is 4.39 Å². The van der Waals surface area contributed by atoms with Crippen LogP contribution in [-0.4, -0.2) is 18.8 Å². The van der Waals surface area contributed by atoms with Crippen LogP contribution in [-0.2, 0) is 16.6 Å². The average molecular weight is 340 g/mol. The average Bonchev–Trinajstić information content (AvgIpc) is 3.31. The molecule has 0 N–H and O–H groups in total. The first-order chi connectivity index (χ1) is 10.5. The maximum atomic E-state index is 13.0. The van der Waals surface area contributed by atoms with Crippen LogP contribution in [0.15, 0.2) is 53.4 Å². The molecule has 0 amide bonds. The summed E-state index contributed by atoms with van der Waals surface area (Å²) in [6.45, 7) is 0.236. The van der Waals surface area contributed by atoms with Crippen molar-refractivity contribution < 1.29 is 12.8 Å². The van der Waals surface area contributed by atoms with Crippen molar-refractivity contribution >= 4 is 21.6 Å². The van der Waals surface area contributed by atoms with E-state index in [-0.39, 0.29) is 23.3 Å². The second kappa shape index (κ2) is 5.99. The summed E-state index contributed by atoms with van der Waals surface area (Å²) in [5, 5.41) is 0.388. The Morgan fingerprint density at radius 2 is 1.82 bits per heavy atom. The lowest BCUT2D eigenvalue weighted by Gasteiger charge is -2.22. The van der Waals surface area contributed by atoms with Crippen LogP contribution in [0.5, 0.6) is 0 Å². The zero-order chi connectivity index (χ0) is 15.7. The molecule has 0 heterocycles. The van der Waals surface area contributed by atoms with Crippen molar-refractivity contribution in [2.75, 3.05) is 0 Å². The summed E-state index contributed by atoms with van der Waals surface area (Å²) in [6.07, 6.45) is 1.70. The van der Waals surface area contributed by atoms with Crippen LogP contribution >= 0.6 is 11.6 Å². The Hall–Kier alpha value is -1.43. The molecule has 3 rings (SSSR count). The van der Waals surface area contributed by atoms with Crippen molar-refractivity contribution in [1.82, 2.24) is 4.31 Å². The number of rotatable bonds is 5. The van der Waals surface area contributed by atoms with Crippen molar-refractivity contribution in [3.8, 4) is 0 Å². The maximum Gasteiger partial charge on any atom is 0.243 e. The molecule has 0 bridgehead atoms. The smallest absolute Gasteiger partial charge is 0.207 e. The standard InChI is InChI=1S/C16H15ClFNO2S/c17-13-2-1-3-16(10-13)22(20,21)19(15-8-9-15)11-12-4-6-14(18)7-5-12/h1-7,10,15H,8-9,11H2. The highest BCUT2D eigenvalue weighted by molar-refractivity contribution is 7.89. The Balaban J connectivity index is 1.92. The van der Waals surface area contributed by atoms with Crippen LogP contribution in [0, 0.1) is 5.82 Å². The first kappa shape index (κ1) is 15.5. The molecule has 0 aromatic heterocycles. The highest BCUT2D eigenvalue weighted by atomic mass is 35.5. The lowest BCUT2D eigenvalue weighted by molar-refractivity contribution is 0.398. The van der Waals surface area contributed by atoms with Crippen LogP contribution < -0.4 is 0 Å². The Morgan fingerprint density at radius 3 is 2.41 bits per heavy atom. The molecule has 2 aromatic rings. The van der Waals surface area contributed by atoms with E-state index in [0.29, 0.717) is 5.02 Å². The van der Waals surface area contributed by atoms with Gasteiger partial charge in [-0.25, -0.2) is 12.8 Å². The number of nitrogens with zero attached hydrogens (tertiary/aromatic N) is 1. The van der Waals surface area contributed by atoms with Gasteiger partial charge in [-0.2, -0.15) is 4.31 Å². The molecule has 0 unspecified atom stereocenters. The Labute approximate surface area is 134 Å². The summed E-state index contributed by atoms with van der Waals surface area (Å²) in [5.74, 6) is -0.334. The molecule has 1 aliphatic carbocycles. The molecule has 6 heteroatoms. The first-order valence-corrected chi connectivity index (χ1v) is 8.80. The van der Waals surface area contributed by atoms with Gasteiger partial charge in [0, 0.05) is 17.6 Å². The Morgan fingerprint density at radius 1 is 1.14 bits per heavy atom. The quantitative estimate of drug-likeness (QED) is 0.830. The second-order valence-electron chi connectivity index (χ2n) is 5.37. The number of hydrogen-bond donors (Lipinski definition) is 0. The molecule has 22 heavy (non-hydrogen) atoms. The highest BCUT2D eigenvalue weighted by Gasteiger charge is 2.38. The normalized spacial score (nSPS) is 15.2. The molecule has 116 valence electrons. The van der Waals surface area contributed by atoms with Crippen molar-refractivity contribution in [3.05, 3.63) is 64.9 Å². The van der Waals surface area contributed by atoms with Gasteiger partial charge in [-0.3, -0.25) is 0 Å². The van der Waals surface area contributed by atoms with E-state index in [4.69, 9.17) is 11.6 Å². The minimum Gasteiger partial charge on any atom is -0.207 e. The summed E-state index contributed by atoms with van der Waals surface area (Å²) in [6, 6.07) is 12.2. The van der Waals surface area contributed by atoms with Crippen LogP contribution in [0.1, 0.15) is 18.4 Å². The molecular weight excluding hydrogens is 325 g/mol. The van der Waals surface area contributed by atoms with E-state index in [1.807, 2.05) is 0 Å². The number of sulfonamides is 1. The molecular formula is C16H15ClFNO2S. The van der Waals surface area contributed by atoms with Crippen LogP contribution in [0.2, 0.25) is 5.02 Å². The van der Waals surface area contributed by atoms with Gasteiger partial charge in [0.2, 0.25) is 10.0 Å². The van der Waals surface area contributed by atoms with Crippen LogP contribution in [0.25, 0.3) is 0 Å². The summed E-state index contributed by atoms with van der Waals surface area (Å²) in [7, 11) is -3.61. The van der Waals surface area contributed by atoms with E-state index in [9.17, 15) is 12.8 Å². The monoisotopic (exact) mass is 339 g/mol. The Bertz CT molecular complexity index is 773. The van der Waals surface area contributed by atoms with Crippen molar-refractivity contribution in [2.45, 2.75) is 30.3 Å². The summed E-state index contributed by atoms with van der Waals surface area (Å²) in [4.78, 5) is 0.189. The van der Waals surface area contributed by atoms with E-state index in [1.165, 1.54) is 22.5 Å². The molecule has 0 radical (unpaired) electrons.